The zero-order chi connectivity index (χ0) is 12.3. The Morgan fingerprint density at radius 1 is 1.18 bits per heavy atom. The molecular formula is C16H25N. The average molecular weight is 231 g/mol. The number of nitrogens with zero attached hydrogens (tertiary/aromatic N) is 1. The lowest BCUT2D eigenvalue weighted by molar-refractivity contribution is 0.244. The van der Waals surface area contributed by atoms with Crippen molar-refractivity contribution in [2.45, 2.75) is 46.6 Å². The summed E-state index contributed by atoms with van der Waals surface area (Å²) in [5, 5.41) is 0. The van der Waals surface area contributed by atoms with Crippen LogP contribution >= 0.6 is 0 Å². The summed E-state index contributed by atoms with van der Waals surface area (Å²) in [5.74, 6) is 1.02. The van der Waals surface area contributed by atoms with E-state index in [0.29, 0.717) is 0 Å². The van der Waals surface area contributed by atoms with Gasteiger partial charge in [0.25, 0.3) is 0 Å². The summed E-state index contributed by atoms with van der Waals surface area (Å²) in [6, 6.07) is 6.93. The Labute approximate surface area is 106 Å². The molecule has 0 atom stereocenters. The summed E-state index contributed by atoms with van der Waals surface area (Å²) in [6.07, 6.45) is 4.19. The van der Waals surface area contributed by atoms with Crippen molar-refractivity contribution in [2.24, 2.45) is 5.92 Å². The van der Waals surface area contributed by atoms with Crippen LogP contribution in [0.5, 0.6) is 0 Å². The van der Waals surface area contributed by atoms with Gasteiger partial charge in [0.2, 0.25) is 0 Å². The Morgan fingerprint density at radius 2 is 1.94 bits per heavy atom. The van der Waals surface area contributed by atoms with Crippen molar-refractivity contribution in [3.8, 4) is 0 Å². The van der Waals surface area contributed by atoms with Crippen molar-refractivity contribution in [3.63, 3.8) is 0 Å². The van der Waals surface area contributed by atoms with Gasteiger partial charge in [0.1, 0.15) is 0 Å². The molecule has 0 unspecified atom stereocenters. The van der Waals surface area contributed by atoms with Gasteiger partial charge in [-0.25, -0.2) is 0 Å². The molecule has 0 spiro atoms. The molecular weight excluding hydrogens is 206 g/mol. The van der Waals surface area contributed by atoms with Gasteiger partial charge in [-0.3, -0.25) is 4.90 Å². The van der Waals surface area contributed by atoms with Crippen LogP contribution in [0.15, 0.2) is 18.2 Å². The number of benzene rings is 1. The Hall–Kier alpha value is -0.820. The second-order valence-corrected chi connectivity index (χ2v) is 5.20. The second-order valence-electron chi connectivity index (χ2n) is 5.20. The molecule has 1 aromatic carbocycles. The van der Waals surface area contributed by atoms with E-state index in [4.69, 9.17) is 0 Å². The first-order valence-corrected chi connectivity index (χ1v) is 7.12. The number of fused-ring (bicyclic) bond motifs is 1. The predicted molar refractivity (Wildman–Crippen MR) is 74.2 cm³/mol. The molecule has 0 amide bonds. The normalized spacial score (nSPS) is 19.2. The first-order valence-electron chi connectivity index (χ1n) is 7.12. The summed E-state index contributed by atoms with van der Waals surface area (Å²) in [6.45, 7) is 9.99. The summed E-state index contributed by atoms with van der Waals surface area (Å²) in [7, 11) is 0. The molecule has 0 bridgehead atoms. The van der Waals surface area contributed by atoms with E-state index < -0.39 is 0 Å². The topological polar surface area (TPSA) is 3.24 Å². The second kappa shape index (κ2) is 5.68. The molecule has 1 heteroatoms. The molecule has 1 aliphatic carbocycles. The third-order valence-electron chi connectivity index (χ3n) is 3.67. The van der Waals surface area contributed by atoms with Crippen LogP contribution in [0.25, 0.3) is 0 Å². The Balaban J connectivity index is 0.000000514. The van der Waals surface area contributed by atoms with Gasteiger partial charge in [0, 0.05) is 19.6 Å². The fraction of sp³-hybridized carbons (Fsp3) is 0.625. The molecule has 1 nitrogen and oxygen atoms in total. The molecule has 0 radical (unpaired) electrons. The summed E-state index contributed by atoms with van der Waals surface area (Å²) >= 11 is 0. The van der Waals surface area contributed by atoms with Crippen molar-refractivity contribution >= 4 is 0 Å². The van der Waals surface area contributed by atoms with E-state index in [2.05, 4.69) is 30.0 Å². The first-order chi connectivity index (χ1) is 8.31. The monoisotopic (exact) mass is 231 g/mol. The van der Waals surface area contributed by atoms with E-state index in [-0.39, 0.29) is 0 Å². The first kappa shape index (κ1) is 12.6. The highest BCUT2D eigenvalue weighted by atomic mass is 15.1. The van der Waals surface area contributed by atoms with Crippen molar-refractivity contribution in [2.75, 3.05) is 13.1 Å². The summed E-state index contributed by atoms with van der Waals surface area (Å²) in [5.41, 5.74) is 4.55. The molecule has 1 fully saturated rings. The third kappa shape index (κ3) is 3.32. The molecule has 17 heavy (non-hydrogen) atoms. The van der Waals surface area contributed by atoms with Crippen LogP contribution in [0.1, 0.15) is 43.4 Å². The predicted octanol–water partition coefficient (Wildman–Crippen LogP) is 3.79. The SMILES string of the molecule is CC.Cc1ccc2c(c1)CN(CC1CC1)CC2. The van der Waals surface area contributed by atoms with Gasteiger partial charge in [-0.1, -0.05) is 37.6 Å². The molecule has 0 aromatic heterocycles. The molecule has 1 saturated carbocycles. The Kier molecular flexibility index (Phi) is 4.22. The van der Waals surface area contributed by atoms with Gasteiger partial charge in [-0.2, -0.15) is 0 Å². The van der Waals surface area contributed by atoms with Crippen molar-refractivity contribution in [1.29, 1.82) is 0 Å². The number of rotatable bonds is 2. The van der Waals surface area contributed by atoms with E-state index in [9.17, 15) is 0 Å². The highest BCUT2D eigenvalue weighted by Gasteiger charge is 2.26. The van der Waals surface area contributed by atoms with Crippen LogP contribution < -0.4 is 0 Å². The smallest absolute Gasteiger partial charge is 0.0236 e. The maximum absolute atomic E-state index is 2.64. The molecule has 1 aromatic rings. The summed E-state index contributed by atoms with van der Waals surface area (Å²) in [4.78, 5) is 2.64. The fourth-order valence-electron chi connectivity index (χ4n) is 2.57. The minimum Gasteiger partial charge on any atom is -0.298 e. The quantitative estimate of drug-likeness (QED) is 0.748. The maximum Gasteiger partial charge on any atom is 0.0236 e. The van der Waals surface area contributed by atoms with Gasteiger partial charge in [0.15, 0.2) is 0 Å². The van der Waals surface area contributed by atoms with Gasteiger partial charge in [0.05, 0.1) is 0 Å². The van der Waals surface area contributed by atoms with E-state index in [1.54, 1.807) is 11.1 Å². The maximum atomic E-state index is 2.64. The average Bonchev–Trinajstić information content (AvgIpc) is 3.15. The van der Waals surface area contributed by atoms with Crippen LogP contribution in [-0.4, -0.2) is 18.0 Å². The number of hydrogen-bond donors (Lipinski definition) is 0. The van der Waals surface area contributed by atoms with Gasteiger partial charge in [-0.05, 0) is 43.2 Å². The molecule has 0 saturated heterocycles. The Morgan fingerprint density at radius 3 is 2.65 bits per heavy atom. The van der Waals surface area contributed by atoms with Crippen LogP contribution in [0.2, 0.25) is 0 Å². The van der Waals surface area contributed by atoms with Crippen LogP contribution in [0, 0.1) is 12.8 Å². The minimum absolute atomic E-state index is 1.02. The lowest BCUT2D eigenvalue weighted by Gasteiger charge is -2.29. The highest BCUT2D eigenvalue weighted by molar-refractivity contribution is 5.33. The molecule has 2 aliphatic rings. The van der Waals surface area contributed by atoms with E-state index in [1.165, 1.54) is 44.5 Å². The largest absolute Gasteiger partial charge is 0.298 e. The van der Waals surface area contributed by atoms with E-state index >= 15 is 0 Å². The third-order valence-corrected chi connectivity index (χ3v) is 3.67. The van der Waals surface area contributed by atoms with Crippen molar-refractivity contribution < 1.29 is 0 Å². The van der Waals surface area contributed by atoms with E-state index in [0.717, 1.165) is 5.92 Å². The number of hydrogen-bond acceptors (Lipinski definition) is 1. The standard InChI is InChI=1S/C14H19N.C2H6/c1-11-2-5-13-6-7-15(9-12-3-4-12)10-14(13)8-11;1-2/h2,5,8,12H,3-4,6-7,9-10H2,1H3;1-2H3. The van der Waals surface area contributed by atoms with Crippen molar-refractivity contribution in [1.82, 2.24) is 4.90 Å². The molecule has 94 valence electrons. The summed E-state index contributed by atoms with van der Waals surface area (Å²) < 4.78 is 0. The van der Waals surface area contributed by atoms with Gasteiger partial charge >= 0.3 is 0 Å². The minimum atomic E-state index is 1.02. The highest BCUT2D eigenvalue weighted by Crippen LogP contribution is 2.31. The lowest BCUT2D eigenvalue weighted by atomic mass is 9.97. The molecule has 1 heterocycles. The van der Waals surface area contributed by atoms with E-state index in [1.807, 2.05) is 13.8 Å². The fourth-order valence-corrected chi connectivity index (χ4v) is 2.57. The molecule has 1 aliphatic heterocycles. The molecule has 0 N–H and O–H groups in total. The van der Waals surface area contributed by atoms with Gasteiger partial charge in [-0.15, -0.1) is 0 Å². The number of aryl methyl sites for hydroxylation is 1. The van der Waals surface area contributed by atoms with Crippen molar-refractivity contribution in [3.05, 3.63) is 34.9 Å². The van der Waals surface area contributed by atoms with Gasteiger partial charge < -0.3 is 0 Å². The molecule has 3 rings (SSSR count). The lowest BCUT2D eigenvalue weighted by Crippen LogP contribution is -2.32. The Bertz CT molecular complexity index is 366. The van der Waals surface area contributed by atoms with Crippen LogP contribution in [0.3, 0.4) is 0 Å². The zero-order valence-electron chi connectivity index (χ0n) is 11.5. The van der Waals surface area contributed by atoms with Crippen LogP contribution in [-0.2, 0) is 13.0 Å². The zero-order valence-corrected chi connectivity index (χ0v) is 11.5. The van der Waals surface area contributed by atoms with Crippen LogP contribution in [0.4, 0.5) is 0 Å².